The first-order valence-corrected chi connectivity index (χ1v) is 4.17. The van der Waals surface area contributed by atoms with Crippen molar-refractivity contribution in [1.29, 1.82) is 5.41 Å². The topological polar surface area (TPSA) is 114 Å². The zero-order valence-electron chi connectivity index (χ0n) is 8.35. The molecular weight excluding hydrogens is 190 g/mol. The van der Waals surface area contributed by atoms with Gasteiger partial charge in [-0.2, -0.15) is 4.99 Å². The molecule has 80 valence electrons. The SMILES string of the molecule is C=Cc1ccccc1.N=C(N)N=C(N)N. The number of hydrogen-bond acceptors (Lipinski definition) is 1. The molecule has 0 amide bonds. The first-order chi connectivity index (χ1) is 7.06. The van der Waals surface area contributed by atoms with E-state index in [1.54, 1.807) is 0 Å². The maximum atomic E-state index is 6.46. The van der Waals surface area contributed by atoms with Crippen LogP contribution in [0.2, 0.25) is 0 Å². The van der Waals surface area contributed by atoms with Gasteiger partial charge in [0.05, 0.1) is 0 Å². The molecule has 0 saturated heterocycles. The van der Waals surface area contributed by atoms with Crippen LogP contribution in [0.5, 0.6) is 0 Å². The van der Waals surface area contributed by atoms with Gasteiger partial charge in [-0.15, -0.1) is 0 Å². The van der Waals surface area contributed by atoms with Crippen LogP contribution >= 0.6 is 0 Å². The molecular formula is C10H15N5. The summed E-state index contributed by atoms with van der Waals surface area (Å²) < 4.78 is 0. The highest BCUT2D eigenvalue weighted by molar-refractivity contribution is 5.90. The Bertz CT molecular complexity index is 338. The van der Waals surface area contributed by atoms with E-state index in [-0.39, 0.29) is 11.9 Å². The second-order valence-electron chi connectivity index (χ2n) is 2.54. The summed E-state index contributed by atoms with van der Waals surface area (Å²) in [6.45, 7) is 3.63. The fourth-order valence-electron chi connectivity index (χ4n) is 0.728. The van der Waals surface area contributed by atoms with Crippen molar-refractivity contribution in [3.05, 3.63) is 42.5 Å². The summed E-state index contributed by atoms with van der Waals surface area (Å²) in [5.74, 6) is -0.562. The van der Waals surface area contributed by atoms with E-state index in [4.69, 9.17) is 22.6 Å². The molecule has 0 fully saturated rings. The van der Waals surface area contributed by atoms with Gasteiger partial charge in [0.1, 0.15) is 0 Å². The highest BCUT2D eigenvalue weighted by atomic mass is 15.1. The Hall–Kier alpha value is -2.30. The molecule has 0 aliphatic carbocycles. The predicted molar refractivity (Wildman–Crippen MR) is 64.3 cm³/mol. The molecule has 7 N–H and O–H groups in total. The highest BCUT2D eigenvalue weighted by Gasteiger charge is 1.78. The van der Waals surface area contributed by atoms with Crippen molar-refractivity contribution in [3.8, 4) is 0 Å². The van der Waals surface area contributed by atoms with Gasteiger partial charge in [0.15, 0.2) is 5.96 Å². The first kappa shape index (κ1) is 12.7. The summed E-state index contributed by atoms with van der Waals surface area (Å²) in [5.41, 5.74) is 15.5. The van der Waals surface area contributed by atoms with Crippen molar-refractivity contribution in [1.82, 2.24) is 0 Å². The number of aliphatic imine (C=N–C) groups is 1. The Morgan fingerprint density at radius 2 is 1.73 bits per heavy atom. The monoisotopic (exact) mass is 205 g/mol. The third-order valence-electron chi connectivity index (χ3n) is 1.28. The molecule has 0 spiro atoms. The van der Waals surface area contributed by atoms with Crippen LogP contribution < -0.4 is 17.2 Å². The standard InChI is InChI=1S/C8H8.C2H7N5/c1-2-8-6-4-3-5-7-8;3-1(4)7-2(5)6/h2-7H,1H2;(H7,3,4,5,6,7). The second-order valence-corrected chi connectivity index (χ2v) is 2.54. The van der Waals surface area contributed by atoms with Gasteiger partial charge in [-0.25, -0.2) is 0 Å². The van der Waals surface area contributed by atoms with E-state index in [1.165, 1.54) is 5.56 Å². The van der Waals surface area contributed by atoms with E-state index >= 15 is 0 Å². The molecule has 0 aliphatic heterocycles. The predicted octanol–water partition coefficient (Wildman–Crippen LogP) is 0.483. The Labute approximate surface area is 88.8 Å². The molecule has 0 aromatic heterocycles. The maximum Gasteiger partial charge on any atom is 0.215 e. The number of nitrogens with two attached hydrogens (primary N) is 3. The van der Waals surface area contributed by atoms with Crippen molar-refractivity contribution in [2.24, 2.45) is 22.2 Å². The van der Waals surface area contributed by atoms with Crippen molar-refractivity contribution < 1.29 is 0 Å². The number of hydrogen-bond donors (Lipinski definition) is 4. The lowest BCUT2D eigenvalue weighted by atomic mass is 10.2. The number of benzene rings is 1. The van der Waals surface area contributed by atoms with Crippen LogP contribution in [-0.2, 0) is 0 Å². The molecule has 0 heterocycles. The number of rotatable bonds is 1. The average molecular weight is 205 g/mol. The van der Waals surface area contributed by atoms with Crippen molar-refractivity contribution in [2.45, 2.75) is 0 Å². The van der Waals surface area contributed by atoms with E-state index in [2.05, 4.69) is 11.6 Å². The average Bonchev–Trinajstić information content (AvgIpc) is 2.18. The van der Waals surface area contributed by atoms with E-state index in [1.807, 2.05) is 36.4 Å². The molecule has 0 bridgehead atoms. The van der Waals surface area contributed by atoms with E-state index in [0.29, 0.717) is 0 Å². The highest BCUT2D eigenvalue weighted by Crippen LogP contribution is 1.97. The molecule has 1 aromatic carbocycles. The Kier molecular flexibility index (Phi) is 6.04. The van der Waals surface area contributed by atoms with Crippen LogP contribution in [0.15, 0.2) is 41.9 Å². The lowest BCUT2D eigenvalue weighted by molar-refractivity contribution is 1.35. The molecule has 0 saturated carbocycles. The summed E-state index contributed by atoms with van der Waals surface area (Å²) in [5, 5.41) is 6.46. The molecule has 0 radical (unpaired) electrons. The minimum Gasteiger partial charge on any atom is -0.370 e. The fraction of sp³-hybridized carbons (Fsp3) is 0. The van der Waals surface area contributed by atoms with Crippen LogP contribution in [0, 0.1) is 5.41 Å². The number of nitrogens with zero attached hydrogens (tertiary/aromatic N) is 1. The fourth-order valence-corrected chi connectivity index (χ4v) is 0.728. The lowest BCUT2D eigenvalue weighted by Crippen LogP contribution is -2.25. The molecule has 1 aromatic rings. The van der Waals surface area contributed by atoms with Gasteiger partial charge < -0.3 is 17.2 Å². The summed E-state index contributed by atoms with van der Waals surface area (Å²) in [6, 6.07) is 10.0. The molecule has 5 nitrogen and oxygen atoms in total. The largest absolute Gasteiger partial charge is 0.370 e. The smallest absolute Gasteiger partial charge is 0.215 e. The first-order valence-electron chi connectivity index (χ1n) is 4.17. The summed E-state index contributed by atoms with van der Waals surface area (Å²) in [4.78, 5) is 3.11. The van der Waals surface area contributed by atoms with Crippen LogP contribution in [0.4, 0.5) is 0 Å². The molecule has 0 aliphatic rings. The normalized spacial score (nSPS) is 8.00. The van der Waals surface area contributed by atoms with Gasteiger partial charge in [0, 0.05) is 0 Å². The van der Waals surface area contributed by atoms with Crippen LogP contribution in [0.1, 0.15) is 5.56 Å². The summed E-state index contributed by atoms with van der Waals surface area (Å²) >= 11 is 0. The Morgan fingerprint density at radius 3 is 1.93 bits per heavy atom. The Morgan fingerprint density at radius 1 is 1.20 bits per heavy atom. The zero-order valence-corrected chi connectivity index (χ0v) is 8.35. The number of nitrogens with one attached hydrogen (secondary N) is 1. The van der Waals surface area contributed by atoms with Crippen LogP contribution in [0.25, 0.3) is 6.08 Å². The summed E-state index contributed by atoms with van der Waals surface area (Å²) in [6.07, 6.45) is 1.83. The lowest BCUT2D eigenvalue weighted by Gasteiger charge is -1.85. The second kappa shape index (κ2) is 7.14. The van der Waals surface area contributed by atoms with E-state index < -0.39 is 0 Å². The molecule has 15 heavy (non-hydrogen) atoms. The molecule has 0 unspecified atom stereocenters. The van der Waals surface area contributed by atoms with Crippen molar-refractivity contribution in [2.75, 3.05) is 0 Å². The quantitative estimate of drug-likeness (QED) is 0.395. The van der Waals surface area contributed by atoms with Gasteiger partial charge in [-0.1, -0.05) is 43.0 Å². The van der Waals surface area contributed by atoms with E-state index in [9.17, 15) is 0 Å². The van der Waals surface area contributed by atoms with Gasteiger partial charge >= 0.3 is 0 Å². The Balaban J connectivity index is 0.000000265. The third kappa shape index (κ3) is 8.04. The number of guanidine groups is 2. The van der Waals surface area contributed by atoms with Crippen LogP contribution in [0.3, 0.4) is 0 Å². The van der Waals surface area contributed by atoms with Gasteiger partial charge in [-0.05, 0) is 5.56 Å². The third-order valence-corrected chi connectivity index (χ3v) is 1.28. The molecule has 1 rings (SSSR count). The van der Waals surface area contributed by atoms with Gasteiger partial charge in [0.25, 0.3) is 0 Å². The molecule has 5 heteroatoms. The van der Waals surface area contributed by atoms with E-state index in [0.717, 1.165) is 0 Å². The summed E-state index contributed by atoms with van der Waals surface area (Å²) in [7, 11) is 0. The minimum atomic E-state index is -0.375. The minimum absolute atomic E-state index is 0.187. The van der Waals surface area contributed by atoms with Gasteiger partial charge in [-0.3, -0.25) is 5.41 Å². The molecule has 0 atom stereocenters. The van der Waals surface area contributed by atoms with Crippen molar-refractivity contribution in [3.63, 3.8) is 0 Å². The maximum absolute atomic E-state index is 6.46. The van der Waals surface area contributed by atoms with Crippen molar-refractivity contribution >= 4 is 18.0 Å². The zero-order chi connectivity index (χ0) is 11.7. The van der Waals surface area contributed by atoms with Gasteiger partial charge in [0.2, 0.25) is 5.96 Å². The van der Waals surface area contributed by atoms with Crippen LogP contribution in [-0.4, -0.2) is 11.9 Å².